The molecule has 1 aliphatic rings. The minimum Gasteiger partial charge on any atom is -0.314 e. The van der Waals surface area contributed by atoms with Crippen molar-refractivity contribution < 1.29 is 0 Å². The van der Waals surface area contributed by atoms with Crippen LogP contribution in [0.1, 0.15) is 104 Å². The molecule has 5 rings (SSSR count). The highest BCUT2D eigenvalue weighted by Gasteiger charge is 2.23. The molecule has 0 heterocycles. The summed E-state index contributed by atoms with van der Waals surface area (Å²) in [6.07, 6.45) is 14.2. The van der Waals surface area contributed by atoms with Crippen LogP contribution in [0.4, 0.5) is 22.7 Å². The number of hydrogen-bond acceptors (Lipinski definition) is 2. The zero-order valence-corrected chi connectivity index (χ0v) is 33.4. The van der Waals surface area contributed by atoms with Crippen LogP contribution in [0.5, 0.6) is 0 Å². The summed E-state index contributed by atoms with van der Waals surface area (Å²) in [7, 11) is 0. The van der Waals surface area contributed by atoms with Crippen LogP contribution in [0.25, 0.3) is 5.57 Å². The van der Waals surface area contributed by atoms with Gasteiger partial charge in [0.15, 0.2) is 0 Å². The van der Waals surface area contributed by atoms with Crippen LogP contribution in [0.2, 0.25) is 0 Å². The Kier molecular flexibility index (Phi) is 12.0. The number of allylic oxidation sites excluding steroid dienone is 8. The first kappa shape index (κ1) is 38.4. The number of anilines is 4. The summed E-state index contributed by atoms with van der Waals surface area (Å²) in [4.78, 5) is 4.77. The Morgan fingerprint density at radius 1 is 0.673 bits per heavy atom. The van der Waals surface area contributed by atoms with Crippen molar-refractivity contribution in [1.29, 1.82) is 0 Å². The predicted molar refractivity (Wildman–Crippen MR) is 229 cm³/mol. The molecular weight excluding hydrogens is 629 g/mol. The molecule has 0 spiro atoms. The summed E-state index contributed by atoms with van der Waals surface area (Å²) in [5.74, 6) is 0.455. The van der Waals surface area contributed by atoms with Crippen molar-refractivity contribution in [2.24, 2.45) is 5.92 Å². The first-order valence-corrected chi connectivity index (χ1v) is 19.1. The summed E-state index contributed by atoms with van der Waals surface area (Å²) in [6.45, 7) is 26.6. The van der Waals surface area contributed by atoms with Gasteiger partial charge in [0, 0.05) is 34.1 Å². The Labute approximate surface area is 315 Å². The van der Waals surface area contributed by atoms with Crippen LogP contribution < -0.4 is 9.80 Å². The monoisotopic (exact) mass is 688 g/mol. The second-order valence-electron chi connectivity index (χ2n) is 16.6. The topological polar surface area (TPSA) is 6.48 Å². The van der Waals surface area contributed by atoms with Crippen molar-refractivity contribution in [3.63, 3.8) is 0 Å². The van der Waals surface area contributed by atoms with Crippen molar-refractivity contribution in [3.8, 4) is 0 Å². The van der Waals surface area contributed by atoms with Crippen LogP contribution in [-0.4, -0.2) is 0 Å². The van der Waals surface area contributed by atoms with Gasteiger partial charge in [0.05, 0.1) is 0 Å². The Morgan fingerprint density at radius 3 is 1.62 bits per heavy atom. The summed E-state index contributed by atoms with van der Waals surface area (Å²) >= 11 is 0. The smallest absolute Gasteiger partial charge is 0.0462 e. The third-order valence-corrected chi connectivity index (χ3v) is 10.2. The van der Waals surface area contributed by atoms with Crippen molar-refractivity contribution in [1.82, 2.24) is 0 Å². The van der Waals surface area contributed by atoms with Gasteiger partial charge < -0.3 is 9.80 Å². The maximum absolute atomic E-state index is 4.25. The molecule has 0 amide bonds. The SMILES string of the molecule is C=CC(=CC=C(C)C)N(C1=CC=C(c2ccc(N(c3ccc(C)cc3)c3ccc(C(C)(C)C)cc3)cc2)C(CC)CC1)c1ccc(C(C)(C)C)cc1. The van der Waals surface area contributed by atoms with Gasteiger partial charge in [0.25, 0.3) is 0 Å². The minimum absolute atomic E-state index is 0.0969. The van der Waals surface area contributed by atoms with E-state index in [2.05, 4.69) is 207 Å². The molecule has 0 fully saturated rings. The third kappa shape index (κ3) is 9.15. The average Bonchev–Trinajstić information content (AvgIpc) is 3.33. The van der Waals surface area contributed by atoms with Gasteiger partial charge in [-0.3, -0.25) is 0 Å². The maximum atomic E-state index is 4.25. The van der Waals surface area contributed by atoms with Crippen molar-refractivity contribution in [3.05, 3.63) is 173 Å². The summed E-state index contributed by atoms with van der Waals surface area (Å²) in [6, 6.07) is 36.2. The maximum Gasteiger partial charge on any atom is 0.0462 e. The molecule has 4 aromatic carbocycles. The van der Waals surface area contributed by atoms with E-state index in [0.29, 0.717) is 5.92 Å². The van der Waals surface area contributed by atoms with E-state index in [1.807, 2.05) is 6.08 Å². The molecule has 1 unspecified atom stereocenters. The lowest BCUT2D eigenvalue weighted by molar-refractivity contribution is 0.586. The molecule has 0 aromatic heterocycles. The van der Waals surface area contributed by atoms with Gasteiger partial charge in [-0.2, -0.15) is 0 Å². The van der Waals surface area contributed by atoms with Crippen molar-refractivity contribution >= 4 is 28.3 Å². The van der Waals surface area contributed by atoms with Gasteiger partial charge in [-0.1, -0.05) is 127 Å². The fourth-order valence-corrected chi connectivity index (χ4v) is 6.96. The second-order valence-corrected chi connectivity index (χ2v) is 16.6. The van der Waals surface area contributed by atoms with Crippen LogP contribution in [-0.2, 0) is 10.8 Å². The average molecular weight is 689 g/mol. The standard InChI is InChI=1S/C50H60N2/c1-12-38-17-27-45(51(42(13-2)24-14-36(3)4)46-30-20-40(21-31-46)49(6,7)8)34-35-48(38)39-18-28-44(29-19-39)52(43-25-15-37(5)16-26-43)47-32-22-41(23-33-47)50(9,10)11/h13-16,18-26,28-35,38H,2,12,17,27H2,1,3-11H3. The lowest BCUT2D eigenvalue weighted by Crippen LogP contribution is -2.21. The quantitative estimate of drug-likeness (QED) is 0.153. The lowest BCUT2D eigenvalue weighted by Gasteiger charge is -2.30. The van der Waals surface area contributed by atoms with E-state index in [9.17, 15) is 0 Å². The van der Waals surface area contributed by atoms with Gasteiger partial charge in [0.1, 0.15) is 0 Å². The molecule has 0 radical (unpaired) electrons. The van der Waals surface area contributed by atoms with Crippen LogP contribution in [0, 0.1) is 12.8 Å². The van der Waals surface area contributed by atoms with Crippen molar-refractivity contribution in [2.45, 2.75) is 99.3 Å². The van der Waals surface area contributed by atoms with Crippen molar-refractivity contribution in [2.75, 3.05) is 9.80 Å². The fraction of sp³-hybridized carbons (Fsp3) is 0.320. The van der Waals surface area contributed by atoms with Gasteiger partial charge >= 0.3 is 0 Å². The van der Waals surface area contributed by atoms with E-state index >= 15 is 0 Å². The molecule has 0 aliphatic heterocycles. The molecule has 0 saturated heterocycles. The van der Waals surface area contributed by atoms with Crippen LogP contribution >= 0.6 is 0 Å². The van der Waals surface area contributed by atoms with Crippen LogP contribution in [0.3, 0.4) is 0 Å². The molecule has 270 valence electrons. The van der Waals surface area contributed by atoms with Gasteiger partial charge in [-0.25, -0.2) is 0 Å². The molecule has 1 atom stereocenters. The molecule has 0 bridgehead atoms. The Bertz CT molecular complexity index is 1930. The number of hydrogen-bond donors (Lipinski definition) is 0. The van der Waals surface area contributed by atoms with Crippen LogP contribution in [0.15, 0.2) is 151 Å². The predicted octanol–water partition coefficient (Wildman–Crippen LogP) is 14.7. The van der Waals surface area contributed by atoms with E-state index in [-0.39, 0.29) is 10.8 Å². The zero-order valence-electron chi connectivity index (χ0n) is 33.4. The zero-order chi connectivity index (χ0) is 37.6. The number of rotatable bonds is 10. The van der Waals surface area contributed by atoms with E-state index in [4.69, 9.17) is 0 Å². The molecule has 52 heavy (non-hydrogen) atoms. The van der Waals surface area contributed by atoms with Gasteiger partial charge in [0.2, 0.25) is 0 Å². The summed E-state index contributed by atoms with van der Waals surface area (Å²) in [5, 5.41) is 0. The van der Waals surface area contributed by atoms with E-state index in [0.717, 1.165) is 47.7 Å². The number of benzene rings is 4. The third-order valence-electron chi connectivity index (χ3n) is 10.2. The highest BCUT2D eigenvalue weighted by molar-refractivity contribution is 5.79. The molecular formula is C50H60N2. The Balaban J connectivity index is 1.55. The molecule has 0 saturated carbocycles. The van der Waals surface area contributed by atoms with Gasteiger partial charge in [-0.15, -0.1) is 0 Å². The fourth-order valence-electron chi connectivity index (χ4n) is 6.96. The molecule has 0 N–H and O–H groups in total. The molecule has 4 aromatic rings. The number of nitrogens with zero attached hydrogens (tertiary/aromatic N) is 2. The van der Waals surface area contributed by atoms with E-state index < -0.39 is 0 Å². The highest BCUT2D eigenvalue weighted by Crippen LogP contribution is 2.40. The molecule has 1 aliphatic carbocycles. The molecule has 2 heteroatoms. The lowest BCUT2D eigenvalue weighted by atomic mass is 9.87. The van der Waals surface area contributed by atoms with E-state index in [1.165, 1.54) is 39.1 Å². The van der Waals surface area contributed by atoms with E-state index in [1.54, 1.807) is 0 Å². The highest BCUT2D eigenvalue weighted by atomic mass is 15.2. The van der Waals surface area contributed by atoms with Gasteiger partial charge in [-0.05, 0) is 146 Å². The Morgan fingerprint density at radius 2 is 1.15 bits per heavy atom. The normalized spacial score (nSPS) is 15.3. The molecule has 2 nitrogen and oxygen atoms in total. The Hall–Kier alpha value is -4.82. The summed E-state index contributed by atoms with van der Waals surface area (Å²) < 4.78 is 0. The summed E-state index contributed by atoms with van der Waals surface area (Å²) in [5.41, 5.74) is 15.1. The first-order valence-electron chi connectivity index (χ1n) is 19.1. The number of aryl methyl sites for hydroxylation is 1. The second kappa shape index (κ2) is 16.2. The first-order chi connectivity index (χ1) is 24.7. The minimum atomic E-state index is 0.0969. The largest absolute Gasteiger partial charge is 0.314 e.